The number of rotatable bonds is 5. The summed E-state index contributed by atoms with van der Waals surface area (Å²) >= 11 is 6.03. The van der Waals surface area contributed by atoms with Gasteiger partial charge in [-0.05, 0) is 29.8 Å². The largest absolute Gasteiger partial charge is 0.396 e. The maximum Gasteiger partial charge on any atom is 0.182 e. The number of nitrogens with two attached hydrogens (primary N) is 1. The molecule has 0 bridgehead atoms. The van der Waals surface area contributed by atoms with Gasteiger partial charge in [0.1, 0.15) is 0 Å². The Labute approximate surface area is 140 Å². The number of halogens is 1. The molecule has 6 heteroatoms. The van der Waals surface area contributed by atoms with E-state index in [1.165, 1.54) is 0 Å². The highest BCUT2D eigenvalue weighted by Crippen LogP contribution is 2.63. The Morgan fingerprint density at radius 3 is 2.39 bits per heavy atom. The van der Waals surface area contributed by atoms with Gasteiger partial charge in [-0.1, -0.05) is 41.9 Å². The van der Waals surface area contributed by atoms with E-state index in [1.54, 1.807) is 48.5 Å². The smallest absolute Gasteiger partial charge is 0.182 e. The van der Waals surface area contributed by atoms with Gasteiger partial charge in [0.15, 0.2) is 9.84 Å². The van der Waals surface area contributed by atoms with Crippen molar-refractivity contribution in [2.75, 3.05) is 13.2 Å². The summed E-state index contributed by atoms with van der Waals surface area (Å²) < 4.78 is 26.0. The minimum absolute atomic E-state index is 0.0947. The molecule has 0 aliphatic heterocycles. The van der Waals surface area contributed by atoms with Crippen LogP contribution in [0.25, 0.3) is 0 Å². The first-order valence-corrected chi connectivity index (χ1v) is 9.25. The minimum Gasteiger partial charge on any atom is -0.396 e. The Hall–Kier alpha value is -1.40. The normalized spacial score (nSPS) is 26.9. The van der Waals surface area contributed by atoms with Gasteiger partial charge in [-0.2, -0.15) is 0 Å². The molecule has 2 aromatic rings. The van der Waals surface area contributed by atoms with E-state index in [0.29, 0.717) is 5.02 Å². The zero-order valence-corrected chi connectivity index (χ0v) is 14.0. The van der Waals surface area contributed by atoms with E-state index in [2.05, 4.69) is 0 Å². The third kappa shape index (κ3) is 2.58. The quantitative estimate of drug-likeness (QED) is 0.865. The van der Waals surface area contributed by atoms with Gasteiger partial charge in [-0.25, -0.2) is 8.42 Å². The van der Waals surface area contributed by atoms with Crippen LogP contribution in [0.5, 0.6) is 0 Å². The van der Waals surface area contributed by atoms with Gasteiger partial charge in [-0.15, -0.1) is 0 Å². The van der Waals surface area contributed by atoms with Gasteiger partial charge in [0, 0.05) is 22.9 Å². The fraction of sp³-hybridized carbons (Fsp3) is 0.294. The van der Waals surface area contributed by atoms with Crippen molar-refractivity contribution in [1.29, 1.82) is 0 Å². The second-order valence-corrected chi connectivity index (χ2v) is 8.41. The van der Waals surface area contributed by atoms with Crippen LogP contribution in [0, 0.1) is 5.41 Å². The van der Waals surface area contributed by atoms with E-state index in [1.807, 2.05) is 6.07 Å². The molecule has 4 nitrogen and oxygen atoms in total. The average Bonchev–Trinajstić information content (AvgIpc) is 3.26. The van der Waals surface area contributed by atoms with Gasteiger partial charge in [0.25, 0.3) is 0 Å². The van der Waals surface area contributed by atoms with E-state index in [-0.39, 0.29) is 24.0 Å². The molecule has 3 atom stereocenters. The Kier molecular flexibility index (Phi) is 4.23. The highest BCUT2D eigenvalue weighted by molar-refractivity contribution is 7.92. The fourth-order valence-corrected chi connectivity index (χ4v) is 6.07. The van der Waals surface area contributed by atoms with Crippen LogP contribution in [0.4, 0.5) is 0 Å². The first-order valence-electron chi connectivity index (χ1n) is 7.33. The predicted octanol–water partition coefficient (Wildman–Crippen LogP) is 2.22. The summed E-state index contributed by atoms with van der Waals surface area (Å²) in [5.41, 5.74) is 5.78. The Morgan fingerprint density at radius 1 is 1.13 bits per heavy atom. The zero-order valence-electron chi connectivity index (χ0n) is 12.4. The van der Waals surface area contributed by atoms with E-state index in [4.69, 9.17) is 17.3 Å². The molecule has 1 saturated carbocycles. The Bertz CT molecular complexity index is 804. The van der Waals surface area contributed by atoms with Crippen molar-refractivity contribution in [3.63, 3.8) is 0 Å². The molecule has 122 valence electrons. The predicted molar refractivity (Wildman–Crippen MR) is 90.2 cm³/mol. The number of benzene rings is 2. The van der Waals surface area contributed by atoms with Crippen LogP contribution in [0.1, 0.15) is 11.5 Å². The van der Waals surface area contributed by atoms with Crippen molar-refractivity contribution < 1.29 is 13.5 Å². The van der Waals surface area contributed by atoms with Gasteiger partial charge in [0.05, 0.1) is 16.8 Å². The minimum atomic E-state index is -3.59. The standard InChI is InChI=1S/C17H18ClNO3S/c18-13-6-4-5-12(9-13)15-16(17(15,10-19)11-20)23(21,22)14-7-2-1-3-8-14/h1-9,15-16,20H,10-11,19H2/t15-,16-,17+/m0/s1. The summed E-state index contributed by atoms with van der Waals surface area (Å²) in [5.74, 6) is -0.360. The second kappa shape index (κ2) is 5.91. The van der Waals surface area contributed by atoms with Gasteiger partial charge in [0.2, 0.25) is 0 Å². The van der Waals surface area contributed by atoms with Gasteiger partial charge >= 0.3 is 0 Å². The maximum atomic E-state index is 13.0. The van der Waals surface area contributed by atoms with Crippen LogP contribution >= 0.6 is 11.6 Å². The van der Waals surface area contributed by atoms with Gasteiger partial charge < -0.3 is 10.8 Å². The lowest BCUT2D eigenvalue weighted by Gasteiger charge is -2.12. The van der Waals surface area contributed by atoms with Crippen LogP contribution in [-0.2, 0) is 9.84 Å². The van der Waals surface area contributed by atoms with E-state index in [0.717, 1.165) is 5.56 Å². The lowest BCUT2D eigenvalue weighted by atomic mass is 10.0. The summed E-state index contributed by atoms with van der Waals surface area (Å²) in [6, 6.07) is 15.4. The monoisotopic (exact) mass is 351 g/mol. The summed E-state index contributed by atoms with van der Waals surface area (Å²) in [4.78, 5) is 0.251. The van der Waals surface area contributed by atoms with Crippen molar-refractivity contribution in [2.45, 2.75) is 16.1 Å². The van der Waals surface area contributed by atoms with Crippen LogP contribution < -0.4 is 5.73 Å². The van der Waals surface area contributed by atoms with E-state index < -0.39 is 20.5 Å². The summed E-state index contributed by atoms with van der Waals surface area (Å²) in [5, 5.41) is 9.65. The molecule has 3 N–H and O–H groups in total. The molecule has 0 spiro atoms. The molecule has 0 aromatic heterocycles. The average molecular weight is 352 g/mol. The van der Waals surface area contributed by atoms with Crippen molar-refractivity contribution in [2.24, 2.45) is 11.1 Å². The highest BCUT2D eigenvalue weighted by atomic mass is 35.5. The molecule has 23 heavy (non-hydrogen) atoms. The summed E-state index contributed by atoms with van der Waals surface area (Å²) in [6.45, 7) is -0.186. The fourth-order valence-electron chi connectivity index (χ4n) is 3.40. The molecular formula is C17H18ClNO3S. The molecule has 1 aliphatic rings. The summed E-state index contributed by atoms with van der Waals surface area (Å²) in [7, 11) is -3.59. The molecule has 0 radical (unpaired) electrons. The highest BCUT2D eigenvalue weighted by Gasteiger charge is 2.70. The molecule has 0 saturated heterocycles. The van der Waals surface area contributed by atoms with Crippen LogP contribution in [0.3, 0.4) is 0 Å². The lowest BCUT2D eigenvalue weighted by molar-refractivity contribution is 0.212. The van der Waals surface area contributed by atoms with Gasteiger partial charge in [-0.3, -0.25) is 0 Å². The van der Waals surface area contributed by atoms with E-state index >= 15 is 0 Å². The third-order valence-corrected chi connectivity index (χ3v) is 7.24. The van der Waals surface area contributed by atoms with Crippen molar-refractivity contribution in [3.8, 4) is 0 Å². The topological polar surface area (TPSA) is 80.4 Å². The van der Waals surface area contributed by atoms with Crippen molar-refractivity contribution in [1.82, 2.24) is 0 Å². The lowest BCUT2D eigenvalue weighted by Crippen LogP contribution is -2.27. The molecule has 1 fully saturated rings. The SMILES string of the molecule is NC[C@@]1(CO)[C@@H](c2cccc(Cl)c2)[C@@H]1S(=O)(=O)c1ccccc1. The molecular weight excluding hydrogens is 334 g/mol. The number of hydrogen-bond acceptors (Lipinski definition) is 4. The molecule has 3 rings (SSSR count). The maximum absolute atomic E-state index is 13.0. The zero-order chi connectivity index (χ0) is 16.7. The molecule has 1 aliphatic carbocycles. The van der Waals surface area contributed by atoms with E-state index in [9.17, 15) is 13.5 Å². The first kappa shape index (κ1) is 16.5. The molecule has 0 unspecified atom stereocenters. The first-order chi connectivity index (χ1) is 11.0. The van der Waals surface area contributed by atoms with Crippen LogP contribution in [0.15, 0.2) is 59.5 Å². The molecule has 2 aromatic carbocycles. The van der Waals surface area contributed by atoms with Crippen molar-refractivity contribution >= 4 is 21.4 Å². The molecule has 0 amide bonds. The third-order valence-electron chi connectivity index (χ3n) is 4.67. The Balaban J connectivity index is 2.07. The Morgan fingerprint density at radius 2 is 1.83 bits per heavy atom. The number of aliphatic hydroxyl groups is 1. The van der Waals surface area contributed by atoms with Crippen LogP contribution in [-0.4, -0.2) is 31.9 Å². The second-order valence-electron chi connectivity index (χ2n) is 5.91. The van der Waals surface area contributed by atoms with Crippen LogP contribution in [0.2, 0.25) is 5.02 Å². The summed E-state index contributed by atoms with van der Waals surface area (Å²) in [6.07, 6.45) is 0. The molecule has 0 heterocycles. The number of aliphatic hydroxyl groups excluding tert-OH is 1. The number of sulfone groups is 1. The van der Waals surface area contributed by atoms with Crippen molar-refractivity contribution in [3.05, 3.63) is 65.2 Å². The number of hydrogen-bond donors (Lipinski definition) is 2.